The van der Waals surface area contributed by atoms with Gasteiger partial charge in [-0.2, -0.15) is 0 Å². The summed E-state index contributed by atoms with van der Waals surface area (Å²) in [4.78, 5) is 0. The Balaban J connectivity index is 2.42. The molecule has 0 amide bonds. The molecule has 4 heteroatoms. The molecule has 0 radical (unpaired) electrons. The molecule has 1 rings (SSSR count). The van der Waals surface area contributed by atoms with Crippen molar-refractivity contribution < 1.29 is 9.47 Å². The summed E-state index contributed by atoms with van der Waals surface area (Å²) in [6.45, 7) is 10.1. The summed E-state index contributed by atoms with van der Waals surface area (Å²) in [5.41, 5.74) is 1.09. The van der Waals surface area contributed by atoms with E-state index in [2.05, 4.69) is 26.1 Å². The molecule has 0 heterocycles. The molecule has 0 atom stereocenters. The lowest BCUT2D eigenvalue weighted by molar-refractivity contribution is 0.0816. The molecule has 0 aliphatic heterocycles. The molecule has 0 saturated carbocycles. The van der Waals surface area contributed by atoms with Gasteiger partial charge in [-0.25, -0.2) is 0 Å². The largest absolute Gasteiger partial charge is 0.491 e. The highest BCUT2D eigenvalue weighted by Crippen LogP contribution is 2.22. The van der Waals surface area contributed by atoms with Gasteiger partial charge in [-0.15, -0.1) is 0 Å². The molecule has 1 aromatic carbocycles. The van der Waals surface area contributed by atoms with E-state index in [0.717, 1.165) is 42.5 Å². The number of hydrogen-bond acceptors (Lipinski definition) is 3. The van der Waals surface area contributed by atoms with E-state index in [0.29, 0.717) is 19.1 Å². The van der Waals surface area contributed by atoms with Crippen molar-refractivity contribution in [1.82, 2.24) is 5.32 Å². The molecule has 0 aliphatic carbocycles. The number of nitrogens with one attached hydrogen (secondary N) is 1. The highest BCUT2D eigenvalue weighted by molar-refractivity contribution is 6.30. The summed E-state index contributed by atoms with van der Waals surface area (Å²) >= 11 is 6.04. The lowest BCUT2D eigenvalue weighted by atomic mass is 10.2. The van der Waals surface area contributed by atoms with Crippen molar-refractivity contribution >= 4 is 11.6 Å². The Morgan fingerprint density at radius 3 is 2.75 bits per heavy atom. The first kappa shape index (κ1) is 17.3. The maximum atomic E-state index is 6.04. The van der Waals surface area contributed by atoms with Gasteiger partial charge in [0.25, 0.3) is 0 Å². The number of rotatable bonds is 10. The van der Waals surface area contributed by atoms with Crippen molar-refractivity contribution in [3.05, 3.63) is 28.8 Å². The zero-order valence-electron chi connectivity index (χ0n) is 12.7. The lowest BCUT2D eigenvalue weighted by Gasteiger charge is -2.13. The van der Waals surface area contributed by atoms with Crippen molar-refractivity contribution in [1.29, 1.82) is 0 Å². The highest BCUT2D eigenvalue weighted by Gasteiger charge is 2.05. The predicted octanol–water partition coefficient (Wildman–Crippen LogP) is 3.89. The summed E-state index contributed by atoms with van der Waals surface area (Å²) in [6.07, 6.45) is 1.11. The second-order valence-corrected chi connectivity index (χ2v) is 5.68. The van der Waals surface area contributed by atoms with Gasteiger partial charge in [0.15, 0.2) is 0 Å². The van der Waals surface area contributed by atoms with E-state index in [-0.39, 0.29) is 0 Å². The zero-order valence-corrected chi connectivity index (χ0v) is 13.5. The topological polar surface area (TPSA) is 30.5 Å². The van der Waals surface area contributed by atoms with Gasteiger partial charge in [-0.1, -0.05) is 32.4 Å². The van der Waals surface area contributed by atoms with Crippen LogP contribution in [0.4, 0.5) is 0 Å². The van der Waals surface area contributed by atoms with Crippen molar-refractivity contribution in [3.63, 3.8) is 0 Å². The van der Waals surface area contributed by atoms with Crippen molar-refractivity contribution in [3.8, 4) is 5.75 Å². The van der Waals surface area contributed by atoms with Crippen LogP contribution in [0.25, 0.3) is 0 Å². The Hall–Kier alpha value is -0.770. The summed E-state index contributed by atoms with van der Waals surface area (Å²) < 4.78 is 11.3. The quantitative estimate of drug-likeness (QED) is 0.665. The highest BCUT2D eigenvalue weighted by atomic mass is 35.5. The van der Waals surface area contributed by atoms with Crippen LogP contribution in [0.3, 0.4) is 0 Å². The number of benzene rings is 1. The molecule has 1 N–H and O–H groups in total. The van der Waals surface area contributed by atoms with Crippen molar-refractivity contribution in [2.75, 3.05) is 26.4 Å². The Kier molecular flexibility index (Phi) is 8.67. The summed E-state index contributed by atoms with van der Waals surface area (Å²) in [5.74, 6) is 1.44. The third-order valence-electron chi connectivity index (χ3n) is 2.70. The molecule has 0 fully saturated rings. The van der Waals surface area contributed by atoms with Gasteiger partial charge in [0.1, 0.15) is 12.4 Å². The molecular formula is C16H26ClNO2. The number of ether oxygens (including phenoxy) is 2. The smallest absolute Gasteiger partial charge is 0.124 e. The fourth-order valence-corrected chi connectivity index (χ4v) is 1.95. The van der Waals surface area contributed by atoms with Gasteiger partial charge in [0.05, 0.1) is 6.61 Å². The average Bonchev–Trinajstić information content (AvgIpc) is 2.40. The first-order valence-electron chi connectivity index (χ1n) is 7.33. The molecule has 0 aliphatic rings. The molecule has 0 aromatic heterocycles. The molecule has 114 valence electrons. The van der Waals surface area contributed by atoms with E-state index in [9.17, 15) is 0 Å². The average molecular weight is 300 g/mol. The van der Waals surface area contributed by atoms with Crippen LogP contribution in [0.15, 0.2) is 18.2 Å². The van der Waals surface area contributed by atoms with E-state index >= 15 is 0 Å². The van der Waals surface area contributed by atoms with Crippen LogP contribution in [-0.4, -0.2) is 26.4 Å². The Morgan fingerprint density at radius 2 is 2.05 bits per heavy atom. The molecule has 0 unspecified atom stereocenters. The Labute approximate surface area is 127 Å². The monoisotopic (exact) mass is 299 g/mol. The van der Waals surface area contributed by atoms with Crippen LogP contribution in [0.1, 0.15) is 32.8 Å². The van der Waals surface area contributed by atoms with Gasteiger partial charge in [0, 0.05) is 23.7 Å². The van der Waals surface area contributed by atoms with Crippen LogP contribution in [0.5, 0.6) is 5.75 Å². The van der Waals surface area contributed by atoms with Crippen LogP contribution < -0.4 is 10.1 Å². The van der Waals surface area contributed by atoms with Crippen LogP contribution >= 0.6 is 11.6 Å². The Morgan fingerprint density at radius 1 is 1.25 bits per heavy atom. The second kappa shape index (κ2) is 10.0. The molecular weight excluding hydrogens is 274 g/mol. The van der Waals surface area contributed by atoms with Gasteiger partial charge < -0.3 is 14.8 Å². The fourth-order valence-electron chi connectivity index (χ4n) is 1.76. The van der Waals surface area contributed by atoms with E-state index < -0.39 is 0 Å². The van der Waals surface area contributed by atoms with Crippen LogP contribution in [0, 0.1) is 5.92 Å². The third-order valence-corrected chi connectivity index (χ3v) is 2.94. The van der Waals surface area contributed by atoms with E-state index in [1.807, 2.05) is 18.2 Å². The van der Waals surface area contributed by atoms with E-state index in [1.54, 1.807) is 0 Å². The van der Waals surface area contributed by atoms with E-state index in [1.165, 1.54) is 0 Å². The predicted molar refractivity (Wildman–Crippen MR) is 84.6 cm³/mol. The molecule has 3 nitrogen and oxygen atoms in total. The van der Waals surface area contributed by atoms with Gasteiger partial charge >= 0.3 is 0 Å². The third kappa shape index (κ3) is 7.13. The number of hydrogen-bond donors (Lipinski definition) is 1. The van der Waals surface area contributed by atoms with Gasteiger partial charge in [-0.05, 0) is 37.1 Å². The fraction of sp³-hybridized carbons (Fsp3) is 0.625. The van der Waals surface area contributed by atoms with Gasteiger partial charge in [0.2, 0.25) is 0 Å². The minimum absolute atomic E-state index is 0.555. The first-order chi connectivity index (χ1) is 9.63. The van der Waals surface area contributed by atoms with Gasteiger partial charge in [-0.3, -0.25) is 0 Å². The summed E-state index contributed by atoms with van der Waals surface area (Å²) in [5, 5.41) is 4.10. The maximum Gasteiger partial charge on any atom is 0.124 e. The van der Waals surface area contributed by atoms with Crippen molar-refractivity contribution in [2.24, 2.45) is 5.92 Å². The summed E-state index contributed by atoms with van der Waals surface area (Å²) in [7, 11) is 0. The Bertz CT molecular complexity index is 383. The minimum atomic E-state index is 0.555. The van der Waals surface area contributed by atoms with E-state index in [4.69, 9.17) is 21.1 Å². The summed E-state index contributed by atoms with van der Waals surface area (Å²) in [6, 6.07) is 5.73. The number of halogens is 1. The second-order valence-electron chi connectivity index (χ2n) is 5.25. The van der Waals surface area contributed by atoms with Crippen LogP contribution in [-0.2, 0) is 11.3 Å². The standard InChI is InChI=1S/C16H26ClNO2/c1-4-7-18-11-14-10-15(17)5-6-16(14)20-9-8-19-12-13(2)3/h5-6,10,13,18H,4,7-9,11-12H2,1-3H3. The molecule has 1 aromatic rings. The maximum absolute atomic E-state index is 6.04. The first-order valence-corrected chi connectivity index (χ1v) is 7.71. The molecule has 0 saturated heterocycles. The molecule has 0 spiro atoms. The minimum Gasteiger partial charge on any atom is -0.491 e. The van der Waals surface area contributed by atoms with Crippen LogP contribution in [0.2, 0.25) is 5.02 Å². The molecule has 0 bridgehead atoms. The lowest BCUT2D eigenvalue weighted by Crippen LogP contribution is -2.16. The zero-order chi connectivity index (χ0) is 14.8. The van der Waals surface area contributed by atoms with Crippen molar-refractivity contribution in [2.45, 2.75) is 33.7 Å². The molecule has 20 heavy (non-hydrogen) atoms. The SMILES string of the molecule is CCCNCc1cc(Cl)ccc1OCCOCC(C)C. The normalized spacial score (nSPS) is 11.1.